The number of carboxylic acids is 1. The van der Waals surface area contributed by atoms with Crippen LogP contribution in [0.15, 0.2) is 36.4 Å². The van der Waals surface area contributed by atoms with Gasteiger partial charge in [0, 0.05) is 6.04 Å². The molecule has 0 saturated heterocycles. The Morgan fingerprint density at radius 3 is 2.50 bits per heavy atom. The van der Waals surface area contributed by atoms with Crippen LogP contribution in [0.25, 0.3) is 0 Å². The van der Waals surface area contributed by atoms with Crippen molar-refractivity contribution in [2.45, 2.75) is 31.1 Å². The molecule has 0 bridgehead atoms. The molecule has 0 aromatic heterocycles. The van der Waals surface area contributed by atoms with Gasteiger partial charge in [0.25, 0.3) is 0 Å². The van der Waals surface area contributed by atoms with E-state index in [1.54, 1.807) is 0 Å². The van der Waals surface area contributed by atoms with E-state index in [2.05, 4.69) is 10.8 Å². The van der Waals surface area contributed by atoms with Crippen LogP contribution in [-0.4, -0.2) is 25.5 Å². The lowest BCUT2D eigenvalue weighted by molar-refractivity contribution is 0.0697. The molecule has 1 atom stereocenters. The molecular formula is C14H17NO4S. The smallest absolute Gasteiger partial charge is 0.335 e. The second-order valence-electron chi connectivity index (χ2n) is 4.86. The van der Waals surface area contributed by atoms with Gasteiger partial charge in [-0.3, -0.25) is 0 Å². The average Bonchev–Trinajstić information content (AvgIpc) is 2.39. The fraction of sp³-hybridized carbons (Fsp3) is 0.357. The van der Waals surface area contributed by atoms with Crippen LogP contribution in [0.4, 0.5) is 0 Å². The maximum atomic E-state index is 12.0. The van der Waals surface area contributed by atoms with Crippen LogP contribution in [0.2, 0.25) is 0 Å². The Hall–Kier alpha value is -1.66. The van der Waals surface area contributed by atoms with E-state index in [0.29, 0.717) is 5.56 Å². The molecular weight excluding hydrogens is 278 g/mol. The topological polar surface area (TPSA) is 83.5 Å². The summed E-state index contributed by atoms with van der Waals surface area (Å²) in [6, 6.07) is 5.85. The van der Waals surface area contributed by atoms with E-state index in [0.717, 1.165) is 19.3 Å². The minimum absolute atomic E-state index is 0.0386. The number of carbonyl (C=O) groups is 1. The third kappa shape index (κ3) is 4.18. The predicted octanol–water partition coefficient (Wildman–Crippen LogP) is 1.91. The van der Waals surface area contributed by atoms with Gasteiger partial charge in [-0.05, 0) is 37.0 Å². The molecule has 108 valence electrons. The fourth-order valence-corrected chi connectivity index (χ4v) is 3.60. The Labute approximate surface area is 118 Å². The molecule has 0 amide bonds. The van der Waals surface area contributed by atoms with Gasteiger partial charge in [0.15, 0.2) is 0 Å². The van der Waals surface area contributed by atoms with Gasteiger partial charge in [0.2, 0.25) is 10.0 Å². The molecule has 1 aromatic rings. The van der Waals surface area contributed by atoms with Crippen LogP contribution in [0.1, 0.15) is 35.2 Å². The quantitative estimate of drug-likeness (QED) is 0.813. The second kappa shape index (κ2) is 6.19. The molecule has 2 N–H and O–H groups in total. The molecule has 0 heterocycles. The summed E-state index contributed by atoms with van der Waals surface area (Å²) >= 11 is 0. The Morgan fingerprint density at radius 2 is 1.95 bits per heavy atom. The van der Waals surface area contributed by atoms with Gasteiger partial charge in [-0.2, -0.15) is 0 Å². The van der Waals surface area contributed by atoms with Crippen LogP contribution in [-0.2, 0) is 15.8 Å². The minimum Gasteiger partial charge on any atom is -0.478 e. The first-order valence-corrected chi connectivity index (χ1v) is 8.09. The van der Waals surface area contributed by atoms with E-state index in [9.17, 15) is 13.2 Å². The maximum Gasteiger partial charge on any atom is 0.335 e. The van der Waals surface area contributed by atoms with Gasteiger partial charge in [0.1, 0.15) is 0 Å². The van der Waals surface area contributed by atoms with Gasteiger partial charge in [-0.1, -0.05) is 24.3 Å². The minimum atomic E-state index is -3.40. The van der Waals surface area contributed by atoms with Crippen molar-refractivity contribution in [1.29, 1.82) is 0 Å². The maximum absolute atomic E-state index is 12.0. The van der Waals surface area contributed by atoms with Crippen molar-refractivity contribution >= 4 is 16.0 Å². The SMILES string of the molecule is O=C(O)c1ccc(CS(=O)(=O)NC2CC=CCC2)cc1. The van der Waals surface area contributed by atoms with Crippen molar-refractivity contribution in [3.8, 4) is 0 Å². The van der Waals surface area contributed by atoms with Crippen molar-refractivity contribution in [2.24, 2.45) is 0 Å². The monoisotopic (exact) mass is 295 g/mol. The first-order chi connectivity index (χ1) is 9.46. The van der Waals surface area contributed by atoms with Crippen LogP contribution in [0, 0.1) is 0 Å². The lowest BCUT2D eigenvalue weighted by Gasteiger charge is -2.19. The highest BCUT2D eigenvalue weighted by Crippen LogP contribution is 2.14. The second-order valence-corrected chi connectivity index (χ2v) is 6.61. The van der Waals surface area contributed by atoms with E-state index < -0.39 is 16.0 Å². The Morgan fingerprint density at radius 1 is 1.25 bits per heavy atom. The van der Waals surface area contributed by atoms with Crippen molar-refractivity contribution in [3.63, 3.8) is 0 Å². The number of rotatable bonds is 5. The third-order valence-electron chi connectivity index (χ3n) is 3.17. The molecule has 5 nitrogen and oxygen atoms in total. The van der Waals surface area contributed by atoms with Crippen molar-refractivity contribution in [3.05, 3.63) is 47.5 Å². The molecule has 2 rings (SSSR count). The number of allylic oxidation sites excluding steroid dienone is 1. The summed E-state index contributed by atoms with van der Waals surface area (Å²) in [6.45, 7) is 0. The summed E-state index contributed by atoms with van der Waals surface area (Å²) in [5.41, 5.74) is 0.727. The van der Waals surface area contributed by atoms with Crippen LogP contribution < -0.4 is 4.72 Å². The number of aromatic carboxylic acids is 1. The number of hydrogen-bond donors (Lipinski definition) is 2. The zero-order valence-corrected chi connectivity index (χ0v) is 11.8. The van der Waals surface area contributed by atoms with Gasteiger partial charge >= 0.3 is 5.97 Å². The lowest BCUT2D eigenvalue weighted by Crippen LogP contribution is -2.36. The zero-order chi connectivity index (χ0) is 14.6. The molecule has 0 radical (unpaired) electrons. The molecule has 1 aromatic carbocycles. The molecule has 0 saturated carbocycles. The first-order valence-electron chi connectivity index (χ1n) is 6.43. The van der Waals surface area contributed by atoms with Gasteiger partial charge < -0.3 is 5.11 Å². The molecule has 6 heteroatoms. The van der Waals surface area contributed by atoms with E-state index in [-0.39, 0.29) is 17.4 Å². The first kappa shape index (κ1) is 14.7. The highest BCUT2D eigenvalue weighted by Gasteiger charge is 2.18. The Bertz CT molecular complexity index is 605. The summed E-state index contributed by atoms with van der Waals surface area (Å²) in [5, 5.41) is 8.79. The van der Waals surface area contributed by atoms with Gasteiger partial charge in [0.05, 0.1) is 11.3 Å². The average molecular weight is 295 g/mol. The molecule has 0 fully saturated rings. The van der Waals surface area contributed by atoms with Gasteiger partial charge in [-0.25, -0.2) is 17.9 Å². The number of carboxylic acid groups (broad SMARTS) is 1. The van der Waals surface area contributed by atoms with Crippen LogP contribution in [0.3, 0.4) is 0 Å². The van der Waals surface area contributed by atoms with Crippen molar-refractivity contribution in [1.82, 2.24) is 4.72 Å². The third-order valence-corrected chi connectivity index (χ3v) is 4.58. The Balaban J connectivity index is 2.00. The number of hydrogen-bond acceptors (Lipinski definition) is 3. The molecule has 20 heavy (non-hydrogen) atoms. The largest absolute Gasteiger partial charge is 0.478 e. The summed E-state index contributed by atoms with van der Waals surface area (Å²) in [6.07, 6.45) is 6.46. The molecule has 1 aliphatic rings. The Kier molecular flexibility index (Phi) is 4.57. The van der Waals surface area contributed by atoms with Gasteiger partial charge in [-0.15, -0.1) is 0 Å². The van der Waals surface area contributed by atoms with E-state index in [1.165, 1.54) is 24.3 Å². The molecule has 1 unspecified atom stereocenters. The van der Waals surface area contributed by atoms with E-state index in [1.807, 2.05) is 6.08 Å². The zero-order valence-electron chi connectivity index (χ0n) is 11.0. The van der Waals surface area contributed by atoms with E-state index >= 15 is 0 Å². The molecule has 0 spiro atoms. The highest BCUT2D eigenvalue weighted by molar-refractivity contribution is 7.88. The summed E-state index contributed by atoms with van der Waals surface area (Å²) < 4.78 is 26.8. The predicted molar refractivity (Wildman–Crippen MR) is 75.9 cm³/mol. The number of benzene rings is 1. The fourth-order valence-electron chi connectivity index (χ4n) is 2.16. The molecule has 0 aliphatic heterocycles. The van der Waals surface area contributed by atoms with Crippen LogP contribution in [0.5, 0.6) is 0 Å². The summed E-state index contributed by atoms with van der Waals surface area (Å²) in [5.74, 6) is -1.15. The van der Waals surface area contributed by atoms with Crippen LogP contribution >= 0.6 is 0 Å². The molecule has 1 aliphatic carbocycles. The highest BCUT2D eigenvalue weighted by atomic mass is 32.2. The summed E-state index contributed by atoms with van der Waals surface area (Å²) in [4.78, 5) is 10.7. The lowest BCUT2D eigenvalue weighted by atomic mass is 10.0. The number of sulfonamides is 1. The normalized spacial score (nSPS) is 18.9. The van der Waals surface area contributed by atoms with E-state index in [4.69, 9.17) is 5.11 Å². The standard InChI is InChI=1S/C14H17NO4S/c16-14(17)12-8-6-11(7-9-12)10-20(18,19)15-13-4-2-1-3-5-13/h1-2,6-9,13,15H,3-5,10H2,(H,16,17). The van der Waals surface area contributed by atoms with Crippen molar-refractivity contribution in [2.75, 3.05) is 0 Å². The number of nitrogens with one attached hydrogen (secondary N) is 1. The van der Waals surface area contributed by atoms with Crippen molar-refractivity contribution < 1.29 is 18.3 Å². The summed E-state index contributed by atoms with van der Waals surface area (Å²) in [7, 11) is -3.40.